The lowest BCUT2D eigenvalue weighted by molar-refractivity contribution is -0.320. The number of ether oxygens (including phenoxy) is 3. The molecule has 7 atom stereocenters. The number of aliphatic hydroxyl groups excluding tert-OH is 4. The second kappa shape index (κ2) is 7.64. The predicted molar refractivity (Wildman–Crippen MR) is 71.6 cm³/mol. The molecule has 0 aromatic heterocycles. The van der Waals surface area contributed by atoms with Crippen LogP contribution in [0, 0.1) is 0 Å². The first-order valence-corrected chi connectivity index (χ1v) is 6.99. The Kier molecular flexibility index (Phi) is 6.68. The highest BCUT2D eigenvalue weighted by Gasteiger charge is 2.48. The van der Waals surface area contributed by atoms with Gasteiger partial charge in [-0.1, -0.05) is 6.92 Å². The molecule has 0 bridgehead atoms. The fourth-order valence-corrected chi connectivity index (χ4v) is 2.27. The molecule has 0 spiro atoms. The Labute approximate surface area is 128 Å². The smallest absolute Gasteiger partial charge is 0.340 e. The van der Waals surface area contributed by atoms with Crippen LogP contribution in [-0.2, 0) is 19.0 Å². The molecule has 0 amide bonds. The van der Waals surface area contributed by atoms with Crippen LogP contribution in [0.3, 0.4) is 0 Å². The summed E-state index contributed by atoms with van der Waals surface area (Å²) >= 11 is 0. The number of methoxy groups -OCH3 is 1. The van der Waals surface area contributed by atoms with E-state index in [0.29, 0.717) is 0 Å². The molecule has 1 aliphatic heterocycles. The van der Waals surface area contributed by atoms with Crippen molar-refractivity contribution in [2.24, 2.45) is 0 Å². The average Bonchev–Trinajstić information content (AvgIpc) is 2.53. The fraction of sp³-hybridized carbons (Fsp3) is 0.923. The molecule has 9 nitrogen and oxygen atoms in total. The topological polar surface area (TPSA) is 146 Å². The zero-order valence-corrected chi connectivity index (χ0v) is 12.7. The Hall–Kier alpha value is -0.810. The van der Waals surface area contributed by atoms with E-state index in [9.17, 15) is 25.2 Å². The van der Waals surface area contributed by atoms with E-state index in [1.165, 1.54) is 6.92 Å². The average molecular weight is 324 g/mol. The van der Waals surface area contributed by atoms with E-state index in [1.54, 1.807) is 6.92 Å². The van der Waals surface area contributed by atoms with Gasteiger partial charge in [0, 0.05) is 0 Å². The summed E-state index contributed by atoms with van der Waals surface area (Å²) in [4.78, 5) is 11.7. The standard InChI is InChI=1S/C13H24O9/c1-4-13(19,12(18)20-3)6(2)21-11-10(17)9(16)8(15)7(5-14)22-11/h6-11,14-17,19H,4-5H2,1-3H3/t6-,7-,8-,9+,10-,11-,13-/m1/s1. The molecule has 0 saturated carbocycles. The Morgan fingerprint density at radius 3 is 2.32 bits per heavy atom. The zero-order chi connectivity index (χ0) is 17.1. The van der Waals surface area contributed by atoms with Crippen molar-refractivity contribution in [3.63, 3.8) is 0 Å². The first kappa shape index (κ1) is 19.2. The van der Waals surface area contributed by atoms with Gasteiger partial charge in [0.25, 0.3) is 0 Å². The minimum absolute atomic E-state index is 0.0156. The van der Waals surface area contributed by atoms with Crippen molar-refractivity contribution in [3.8, 4) is 0 Å². The Morgan fingerprint density at radius 1 is 1.27 bits per heavy atom. The number of rotatable bonds is 6. The minimum atomic E-state index is -1.96. The summed E-state index contributed by atoms with van der Waals surface area (Å²) in [6.45, 7) is 2.32. The number of hydrogen-bond donors (Lipinski definition) is 5. The van der Waals surface area contributed by atoms with Gasteiger partial charge in [-0.2, -0.15) is 0 Å². The summed E-state index contributed by atoms with van der Waals surface area (Å²) < 4.78 is 15.0. The van der Waals surface area contributed by atoms with Crippen LogP contribution in [0.1, 0.15) is 20.3 Å². The SMILES string of the molecule is CC[C@](O)(C(=O)OC)[C@@H](C)O[C@@H]1O[C@H](CO)[C@@H](O)[C@H](O)[C@H]1O. The second-order valence-corrected chi connectivity index (χ2v) is 5.24. The van der Waals surface area contributed by atoms with E-state index >= 15 is 0 Å². The van der Waals surface area contributed by atoms with Crippen molar-refractivity contribution in [1.29, 1.82) is 0 Å². The van der Waals surface area contributed by atoms with Crippen molar-refractivity contribution in [2.75, 3.05) is 13.7 Å². The van der Waals surface area contributed by atoms with E-state index in [-0.39, 0.29) is 6.42 Å². The number of carbonyl (C=O) groups is 1. The third-order valence-electron chi connectivity index (χ3n) is 3.94. The molecule has 9 heteroatoms. The number of esters is 1. The molecular weight excluding hydrogens is 300 g/mol. The largest absolute Gasteiger partial charge is 0.467 e. The maximum atomic E-state index is 11.7. The van der Waals surface area contributed by atoms with Gasteiger partial charge >= 0.3 is 5.97 Å². The van der Waals surface area contributed by atoms with Gasteiger partial charge in [-0.3, -0.25) is 0 Å². The Balaban J connectivity index is 2.85. The highest BCUT2D eigenvalue weighted by atomic mass is 16.7. The number of carbonyl (C=O) groups excluding carboxylic acids is 1. The maximum Gasteiger partial charge on any atom is 0.340 e. The molecule has 0 aromatic rings. The van der Waals surface area contributed by atoms with Crippen molar-refractivity contribution in [1.82, 2.24) is 0 Å². The molecule has 0 aliphatic carbocycles. The Morgan fingerprint density at radius 2 is 1.86 bits per heavy atom. The molecule has 0 unspecified atom stereocenters. The lowest BCUT2D eigenvalue weighted by atomic mass is 9.94. The predicted octanol–water partition coefficient (Wildman–Crippen LogP) is -2.49. The Bertz CT molecular complexity index is 375. The summed E-state index contributed by atoms with van der Waals surface area (Å²) in [6.07, 6.45) is -8.45. The summed E-state index contributed by atoms with van der Waals surface area (Å²) in [7, 11) is 1.11. The molecule has 22 heavy (non-hydrogen) atoms. The fourth-order valence-electron chi connectivity index (χ4n) is 2.27. The van der Waals surface area contributed by atoms with Crippen LogP contribution in [0.2, 0.25) is 0 Å². The molecule has 0 aromatic carbocycles. The number of aliphatic hydroxyl groups is 5. The van der Waals surface area contributed by atoms with E-state index in [4.69, 9.17) is 14.6 Å². The molecule has 1 fully saturated rings. The first-order chi connectivity index (χ1) is 10.2. The van der Waals surface area contributed by atoms with Gasteiger partial charge in [-0.25, -0.2) is 4.79 Å². The molecule has 1 rings (SSSR count). The van der Waals surface area contributed by atoms with E-state index in [1.807, 2.05) is 0 Å². The lowest BCUT2D eigenvalue weighted by Crippen LogP contribution is -2.61. The summed E-state index contributed by atoms with van der Waals surface area (Å²) in [5.74, 6) is -0.910. The van der Waals surface area contributed by atoms with Gasteiger partial charge in [0.2, 0.25) is 0 Å². The van der Waals surface area contributed by atoms with Gasteiger partial charge < -0.3 is 39.7 Å². The van der Waals surface area contributed by atoms with E-state index < -0.39 is 55.0 Å². The normalized spacial score (nSPS) is 36.5. The zero-order valence-electron chi connectivity index (χ0n) is 12.7. The lowest BCUT2D eigenvalue weighted by Gasteiger charge is -2.42. The molecule has 5 N–H and O–H groups in total. The molecule has 0 radical (unpaired) electrons. The maximum absolute atomic E-state index is 11.7. The van der Waals surface area contributed by atoms with Crippen molar-refractivity contribution in [2.45, 2.75) is 62.7 Å². The van der Waals surface area contributed by atoms with E-state index in [0.717, 1.165) is 7.11 Å². The van der Waals surface area contributed by atoms with Crippen LogP contribution < -0.4 is 0 Å². The summed E-state index contributed by atoms with van der Waals surface area (Å²) in [5.41, 5.74) is -1.96. The van der Waals surface area contributed by atoms with Crippen LogP contribution in [0.25, 0.3) is 0 Å². The van der Waals surface area contributed by atoms with Gasteiger partial charge in [0.15, 0.2) is 11.9 Å². The van der Waals surface area contributed by atoms with Gasteiger partial charge in [0.05, 0.1) is 19.8 Å². The van der Waals surface area contributed by atoms with Crippen LogP contribution in [0.5, 0.6) is 0 Å². The first-order valence-electron chi connectivity index (χ1n) is 6.99. The number of hydrogen-bond acceptors (Lipinski definition) is 9. The molecular formula is C13H24O9. The molecule has 130 valence electrons. The van der Waals surface area contributed by atoms with Crippen LogP contribution >= 0.6 is 0 Å². The highest BCUT2D eigenvalue weighted by Crippen LogP contribution is 2.27. The minimum Gasteiger partial charge on any atom is -0.467 e. The third kappa shape index (κ3) is 3.57. The molecule has 1 saturated heterocycles. The van der Waals surface area contributed by atoms with Crippen LogP contribution in [0.15, 0.2) is 0 Å². The van der Waals surface area contributed by atoms with Crippen LogP contribution in [0.4, 0.5) is 0 Å². The van der Waals surface area contributed by atoms with Gasteiger partial charge in [-0.15, -0.1) is 0 Å². The highest BCUT2D eigenvalue weighted by molar-refractivity contribution is 5.79. The second-order valence-electron chi connectivity index (χ2n) is 5.24. The van der Waals surface area contributed by atoms with Gasteiger partial charge in [0.1, 0.15) is 24.4 Å². The molecule has 1 heterocycles. The van der Waals surface area contributed by atoms with Crippen LogP contribution in [-0.4, -0.2) is 87.6 Å². The molecule has 1 aliphatic rings. The van der Waals surface area contributed by atoms with E-state index in [2.05, 4.69) is 4.74 Å². The summed E-state index contributed by atoms with van der Waals surface area (Å²) in [6, 6.07) is 0. The van der Waals surface area contributed by atoms with Gasteiger partial charge in [-0.05, 0) is 13.3 Å². The van der Waals surface area contributed by atoms with Crippen molar-refractivity contribution < 1.29 is 44.5 Å². The summed E-state index contributed by atoms with van der Waals surface area (Å²) in [5, 5.41) is 48.6. The van der Waals surface area contributed by atoms with Crippen molar-refractivity contribution in [3.05, 3.63) is 0 Å². The quantitative estimate of drug-likeness (QED) is 0.335. The monoisotopic (exact) mass is 324 g/mol. The van der Waals surface area contributed by atoms with Crippen molar-refractivity contribution >= 4 is 5.97 Å². The third-order valence-corrected chi connectivity index (χ3v) is 3.94.